The van der Waals surface area contributed by atoms with Gasteiger partial charge in [-0.1, -0.05) is 29.4 Å². The Morgan fingerprint density at radius 3 is 2.59 bits per heavy atom. The maximum Gasteiger partial charge on any atom is 0.126 e. The second-order valence-corrected chi connectivity index (χ2v) is 5.81. The molecule has 0 aliphatic carbocycles. The Morgan fingerprint density at radius 2 is 1.91 bits per heavy atom. The van der Waals surface area contributed by atoms with Gasteiger partial charge in [0.25, 0.3) is 0 Å². The van der Waals surface area contributed by atoms with Crippen LogP contribution in [0.15, 0.2) is 53.6 Å². The summed E-state index contributed by atoms with van der Waals surface area (Å²) >= 11 is 2.14. The van der Waals surface area contributed by atoms with Gasteiger partial charge in [0.2, 0.25) is 0 Å². The standard InChI is InChI=1S/C15H10IN5O/c16-10-3-6-12(15(22)7-10)14-8-13(19-20-14)9-1-4-11(5-2-9)18-21-17/h1-8,22H,(H,19,20). The number of H-pyrrole nitrogens is 1. The Bertz CT molecular complexity index is 866. The smallest absolute Gasteiger partial charge is 0.126 e. The topological polar surface area (TPSA) is 97.7 Å². The molecule has 0 bridgehead atoms. The summed E-state index contributed by atoms with van der Waals surface area (Å²) in [6.07, 6.45) is 0. The van der Waals surface area contributed by atoms with Crippen LogP contribution < -0.4 is 0 Å². The van der Waals surface area contributed by atoms with E-state index in [-0.39, 0.29) is 5.75 Å². The summed E-state index contributed by atoms with van der Waals surface area (Å²) in [5.41, 5.74) is 12.0. The van der Waals surface area contributed by atoms with E-state index in [1.165, 1.54) is 0 Å². The van der Waals surface area contributed by atoms with Crippen molar-refractivity contribution in [3.8, 4) is 28.3 Å². The Kier molecular flexibility index (Phi) is 3.99. The van der Waals surface area contributed by atoms with Gasteiger partial charge < -0.3 is 5.11 Å². The van der Waals surface area contributed by atoms with Gasteiger partial charge in [0.05, 0.1) is 11.4 Å². The van der Waals surface area contributed by atoms with Gasteiger partial charge >= 0.3 is 0 Å². The third-order valence-electron chi connectivity index (χ3n) is 3.15. The minimum atomic E-state index is 0.198. The van der Waals surface area contributed by atoms with Gasteiger partial charge in [-0.2, -0.15) is 5.10 Å². The Hall–Kier alpha value is -2.51. The number of phenolic OH excluding ortho intramolecular Hbond substituents is 1. The van der Waals surface area contributed by atoms with E-state index in [2.05, 4.69) is 42.8 Å². The SMILES string of the molecule is [N-]=[N+]=Nc1ccc(-c2cc(-c3ccc(I)cc3O)n[nH]2)cc1. The summed E-state index contributed by atoms with van der Waals surface area (Å²) in [5, 5.41) is 20.7. The molecule has 1 heterocycles. The van der Waals surface area contributed by atoms with Crippen LogP contribution in [0.2, 0.25) is 0 Å². The Morgan fingerprint density at radius 1 is 1.14 bits per heavy atom. The van der Waals surface area contributed by atoms with Crippen molar-refractivity contribution in [2.75, 3.05) is 0 Å². The second-order valence-electron chi connectivity index (χ2n) is 4.56. The first-order valence-electron chi connectivity index (χ1n) is 6.37. The maximum absolute atomic E-state index is 10.0. The van der Waals surface area contributed by atoms with Crippen molar-refractivity contribution in [1.29, 1.82) is 0 Å². The Labute approximate surface area is 139 Å². The average molecular weight is 403 g/mol. The fraction of sp³-hybridized carbons (Fsp3) is 0. The molecular formula is C15H10IN5O. The molecule has 0 unspecified atom stereocenters. The first-order valence-corrected chi connectivity index (χ1v) is 7.45. The van der Waals surface area contributed by atoms with Crippen LogP contribution in [0.5, 0.6) is 5.75 Å². The van der Waals surface area contributed by atoms with Crippen LogP contribution in [0, 0.1) is 3.57 Å². The molecule has 6 nitrogen and oxygen atoms in total. The number of aromatic hydroxyl groups is 1. The molecule has 0 amide bonds. The number of azide groups is 1. The van der Waals surface area contributed by atoms with Crippen molar-refractivity contribution in [2.24, 2.45) is 5.11 Å². The number of phenols is 1. The largest absolute Gasteiger partial charge is 0.507 e. The number of rotatable bonds is 3. The highest BCUT2D eigenvalue weighted by molar-refractivity contribution is 14.1. The minimum Gasteiger partial charge on any atom is -0.507 e. The van der Waals surface area contributed by atoms with Gasteiger partial charge in [-0.3, -0.25) is 5.10 Å². The highest BCUT2D eigenvalue weighted by Crippen LogP contribution is 2.31. The molecule has 7 heteroatoms. The summed E-state index contributed by atoms with van der Waals surface area (Å²) in [5.74, 6) is 0.198. The van der Waals surface area contributed by atoms with E-state index < -0.39 is 0 Å². The predicted octanol–water partition coefficient (Wildman–Crippen LogP) is 5.00. The van der Waals surface area contributed by atoms with E-state index in [1.54, 1.807) is 18.2 Å². The fourth-order valence-corrected chi connectivity index (χ4v) is 2.56. The molecule has 0 saturated carbocycles. The summed E-state index contributed by atoms with van der Waals surface area (Å²) < 4.78 is 0.961. The molecule has 0 radical (unpaired) electrons. The van der Waals surface area contributed by atoms with E-state index in [0.717, 1.165) is 14.8 Å². The second kappa shape index (κ2) is 6.08. The highest BCUT2D eigenvalue weighted by Gasteiger charge is 2.10. The van der Waals surface area contributed by atoms with E-state index >= 15 is 0 Å². The number of hydrogen-bond donors (Lipinski definition) is 2. The molecule has 22 heavy (non-hydrogen) atoms. The van der Waals surface area contributed by atoms with Gasteiger partial charge in [0.1, 0.15) is 5.75 Å². The summed E-state index contributed by atoms with van der Waals surface area (Å²) in [6, 6.07) is 14.5. The number of nitrogens with one attached hydrogen (secondary N) is 1. The number of benzene rings is 2. The number of nitrogens with zero attached hydrogens (tertiary/aromatic N) is 4. The summed E-state index contributed by atoms with van der Waals surface area (Å²) in [7, 11) is 0. The molecule has 2 N–H and O–H groups in total. The van der Waals surface area contributed by atoms with Crippen LogP contribution in [0.3, 0.4) is 0 Å². The van der Waals surface area contributed by atoms with Gasteiger partial charge in [-0.05, 0) is 58.0 Å². The van der Waals surface area contributed by atoms with E-state index in [9.17, 15) is 5.11 Å². The summed E-state index contributed by atoms with van der Waals surface area (Å²) in [6.45, 7) is 0. The van der Waals surface area contributed by atoms with E-state index in [4.69, 9.17) is 5.53 Å². The molecule has 2 aromatic carbocycles. The number of aromatic nitrogens is 2. The molecule has 3 rings (SSSR count). The normalized spacial score (nSPS) is 10.2. The number of hydrogen-bond acceptors (Lipinski definition) is 3. The first-order chi connectivity index (χ1) is 10.7. The molecule has 0 spiro atoms. The quantitative estimate of drug-likeness (QED) is 0.279. The van der Waals surface area contributed by atoms with Crippen molar-refractivity contribution in [3.63, 3.8) is 0 Å². The van der Waals surface area contributed by atoms with Gasteiger partial charge in [0, 0.05) is 19.7 Å². The van der Waals surface area contributed by atoms with Crippen LogP contribution >= 0.6 is 22.6 Å². The van der Waals surface area contributed by atoms with Crippen molar-refractivity contribution in [3.05, 3.63) is 62.5 Å². The van der Waals surface area contributed by atoms with Gasteiger partial charge in [-0.25, -0.2) is 0 Å². The molecule has 0 atom stereocenters. The fourth-order valence-electron chi connectivity index (χ4n) is 2.09. The van der Waals surface area contributed by atoms with E-state index in [0.29, 0.717) is 16.9 Å². The molecule has 0 aliphatic rings. The summed E-state index contributed by atoms with van der Waals surface area (Å²) in [4.78, 5) is 2.75. The molecule has 3 aromatic rings. The first kappa shape index (κ1) is 14.4. The van der Waals surface area contributed by atoms with Crippen LogP contribution in [-0.4, -0.2) is 15.3 Å². The lowest BCUT2D eigenvalue weighted by atomic mass is 10.1. The Balaban J connectivity index is 1.94. The maximum atomic E-state index is 10.0. The molecule has 0 saturated heterocycles. The van der Waals surface area contributed by atoms with Crippen molar-refractivity contribution in [2.45, 2.75) is 0 Å². The third-order valence-corrected chi connectivity index (χ3v) is 3.82. The van der Waals surface area contributed by atoms with Crippen LogP contribution in [0.1, 0.15) is 0 Å². The van der Waals surface area contributed by atoms with Crippen molar-refractivity contribution >= 4 is 28.3 Å². The monoisotopic (exact) mass is 403 g/mol. The minimum absolute atomic E-state index is 0.198. The lowest BCUT2D eigenvalue weighted by Crippen LogP contribution is -1.80. The van der Waals surface area contributed by atoms with Crippen LogP contribution in [0.4, 0.5) is 5.69 Å². The van der Waals surface area contributed by atoms with Crippen molar-refractivity contribution < 1.29 is 5.11 Å². The van der Waals surface area contributed by atoms with Crippen LogP contribution in [-0.2, 0) is 0 Å². The zero-order valence-electron chi connectivity index (χ0n) is 11.2. The molecule has 0 fully saturated rings. The molecule has 1 aromatic heterocycles. The highest BCUT2D eigenvalue weighted by atomic mass is 127. The molecule has 108 valence electrons. The lowest BCUT2D eigenvalue weighted by molar-refractivity contribution is 0.476. The zero-order chi connectivity index (χ0) is 15.5. The van der Waals surface area contributed by atoms with E-state index in [1.807, 2.05) is 30.3 Å². The van der Waals surface area contributed by atoms with Gasteiger partial charge in [0.15, 0.2) is 0 Å². The zero-order valence-corrected chi connectivity index (χ0v) is 13.4. The predicted molar refractivity (Wildman–Crippen MR) is 92.6 cm³/mol. The van der Waals surface area contributed by atoms with Gasteiger partial charge in [-0.15, -0.1) is 0 Å². The lowest BCUT2D eigenvalue weighted by Gasteiger charge is -2.01. The van der Waals surface area contributed by atoms with Crippen LogP contribution in [0.25, 0.3) is 33.0 Å². The average Bonchev–Trinajstić information content (AvgIpc) is 2.98. The number of halogens is 1. The van der Waals surface area contributed by atoms with Crippen molar-refractivity contribution in [1.82, 2.24) is 10.2 Å². The number of aromatic amines is 1. The third kappa shape index (κ3) is 2.90. The molecular weight excluding hydrogens is 393 g/mol. The molecule has 0 aliphatic heterocycles.